The van der Waals surface area contributed by atoms with Crippen LogP contribution in [0.5, 0.6) is 11.5 Å². The number of primary amides is 1. The molecule has 1 aliphatic rings. The summed E-state index contributed by atoms with van der Waals surface area (Å²) in [4.78, 5) is 14.4. The van der Waals surface area contributed by atoms with E-state index in [1.165, 1.54) is 0 Å². The smallest absolute Gasteiger partial charge is 0.249 e. The van der Waals surface area contributed by atoms with Crippen molar-refractivity contribution >= 4 is 5.91 Å². The lowest BCUT2D eigenvalue weighted by Crippen LogP contribution is -2.12. The number of aromatic amines is 1. The van der Waals surface area contributed by atoms with Crippen LogP contribution in [0.4, 0.5) is 0 Å². The molecule has 3 rings (SSSR count). The monoisotopic (exact) mass is 230 g/mol. The van der Waals surface area contributed by atoms with Crippen molar-refractivity contribution in [3.63, 3.8) is 0 Å². The first kappa shape index (κ1) is 9.77. The topological polar surface area (TPSA) is 77.3 Å². The van der Waals surface area contributed by atoms with E-state index in [1.54, 1.807) is 24.5 Å². The van der Waals surface area contributed by atoms with Gasteiger partial charge in [-0.2, -0.15) is 0 Å². The lowest BCUT2D eigenvalue weighted by Gasteiger charge is -2.06. The van der Waals surface area contributed by atoms with Gasteiger partial charge in [0.2, 0.25) is 12.7 Å². The molecule has 0 saturated heterocycles. The predicted molar refractivity (Wildman–Crippen MR) is 60.9 cm³/mol. The van der Waals surface area contributed by atoms with Gasteiger partial charge in [-0.15, -0.1) is 0 Å². The van der Waals surface area contributed by atoms with Crippen molar-refractivity contribution in [2.45, 2.75) is 0 Å². The molecule has 86 valence electrons. The summed E-state index contributed by atoms with van der Waals surface area (Å²) >= 11 is 0. The fourth-order valence-electron chi connectivity index (χ4n) is 1.88. The number of amides is 1. The lowest BCUT2D eigenvalue weighted by atomic mass is 10.0. The minimum Gasteiger partial charge on any atom is -0.454 e. The minimum atomic E-state index is -0.487. The van der Waals surface area contributed by atoms with Gasteiger partial charge in [0.25, 0.3) is 0 Å². The molecule has 0 atom stereocenters. The van der Waals surface area contributed by atoms with Crippen molar-refractivity contribution in [2.75, 3.05) is 6.79 Å². The Labute approximate surface area is 97.2 Å². The Morgan fingerprint density at radius 1 is 1.29 bits per heavy atom. The van der Waals surface area contributed by atoms with Crippen molar-refractivity contribution in [1.82, 2.24) is 4.98 Å². The molecule has 17 heavy (non-hydrogen) atoms. The highest BCUT2D eigenvalue weighted by molar-refractivity contribution is 6.00. The molecule has 1 aliphatic heterocycles. The number of hydrogen-bond acceptors (Lipinski definition) is 3. The van der Waals surface area contributed by atoms with Crippen LogP contribution in [0, 0.1) is 0 Å². The SMILES string of the molecule is NC(=O)c1cc2c(cc1-c1cc[nH]c1)OCO2. The van der Waals surface area contributed by atoms with Crippen LogP contribution in [0.1, 0.15) is 10.4 Å². The lowest BCUT2D eigenvalue weighted by molar-refractivity contribution is 0.100. The fourth-order valence-corrected chi connectivity index (χ4v) is 1.88. The molecule has 1 amide bonds. The fraction of sp³-hybridized carbons (Fsp3) is 0.0833. The molecule has 3 N–H and O–H groups in total. The molecule has 0 spiro atoms. The summed E-state index contributed by atoms with van der Waals surface area (Å²) in [6, 6.07) is 5.25. The molecule has 5 heteroatoms. The average molecular weight is 230 g/mol. The van der Waals surface area contributed by atoms with E-state index in [4.69, 9.17) is 15.2 Å². The number of rotatable bonds is 2. The Kier molecular flexibility index (Phi) is 2.04. The van der Waals surface area contributed by atoms with Crippen molar-refractivity contribution in [3.05, 3.63) is 36.2 Å². The van der Waals surface area contributed by atoms with Crippen LogP contribution in [0.25, 0.3) is 11.1 Å². The zero-order valence-electron chi connectivity index (χ0n) is 8.90. The Balaban J connectivity index is 2.22. The van der Waals surface area contributed by atoms with Crippen LogP contribution in [0.15, 0.2) is 30.6 Å². The van der Waals surface area contributed by atoms with Gasteiger partial charge < -0.3 is 20.2 Å². The van der Waals surface area contributed by atoms with Gasteiger partial charge in [-0.1, -0.05) is 0 Å². The Morgan fingerprint density at radius 2 is 2.06 bits per heavy atom. The van der Waals surface area contributed by atoms with Gasteiger partial charge in [0, 0.05) is 18.0 Å². The highest BCUT2D eigenvalue weighted by Crippen LogP contribution is 2.38. The van der Waals surface area contributed by atoms with Crippen LogP contribution in [-0.4, -0.2) is 17.7 Å². The molecule has 2 heterocycles. The largest absolute Gasteiger partial charge is 0.454 e. The molecule has 0 aliphatic carbocycles. The zero-order valence-corrected chi connectivity index (χ0v) is 8.90. The molecule has 1 aromatic heterocycles. The third-order valence-corrected chi connectivity index (χ3v) is 2.69. The molecule has 5 nitrogen and oxygen atoms in total. The van der Waals surface area contributed by atoms with Gasteiger partial charge in [-0.05, 0) is 23.8 Å². The van der Waals surface area contributed by atoms with Crippen molar-refractivity contribution in [1.29, 1.82) is 0 Å². The van der Waals surface area contributed by atoms with E-state index < -0.39 is 5.91 Å². The summed E-state index contributed by atoms with van der Waals surface area (Å²) in [5, 5.41) is 0. The number of H-pyrrole nitrogens is 1. The first-order valence-electron chi connectivity index (χ1n) is 5.12. The Morgan fingerprint density at radius 3 is 2.71 bits per heavy atom. The van der Waals surface area contributed by atoms with Crippen molar-refractivity contribution < 1.29 is 14.3 Å². The quantitative estimate of drug-likeness (QED) is 0.820. The van der Waals surface area contributed by atoms with Gasteiger partial charge in [0.15, 0.2) is 11.5 Å². The minimum absolute atomic E-state index is 0.171. The van der Waals surface area contributed by atoms with E-state index >= 15 is 0 Å². The summed E-state index contributed by atoms with van der Waals surface area (Å²) < 4.78 is 10.5. The molecular weight excluding hydrogens is 220 g/mol. The van der Waals surface area contributed by atoms with Crippen LogP contribution in [0.2, 0.25) is 0 Å². The molecule has 0 saturated carbocycles. The normalized spacial score (nSPS) is 12.7. The summed E-state index contributed by atoms with van der Waals surface area (Å²) in [5.74, 6) is 0.698. The van der Waals surface area contributed by atoms with E-state index in [-0.39, 0.29) is 6.79 Å². The summed E-state index contributed by atoms with van der Waals surface area (Å²) in [6.07, 6.45) is 3.58. The van der Waals surface area contributed by atoms with Crippen LogP contribution < -0.4 is 15.2 Å². The van der Waals surface area contributed by atoms with E-state index in [2.05, 4.69) is 4.98 Å². The summed E-state index contributed by atoms with van der Waals surface area (Å²) in [5.41, 5.74) is 7.42. The van der Waals surface area contributed by atoms with Crippen molar-refractivity contribution in [3.8, 4) is 22.6 Å². The van der Waals surface area contributed by atoms with Gasteiger partial charge in [0.05, 0.1) is 5.56 Å². The van der Waals surface area contributed by atoms with Crippen molar-refractivity contribution in [2.24, 2.45) is 5.73 Å². The number of nitrogens with one attached hydrogen (secondary N) is 1. The number of benzene rings is 1. The standard InChI is InChI=1S/C12H10N2O3/c13-12(15)9-4-11-10(16-6-17-11)3-8(9)7-1-2-14-5-7/h1-5,14H,6H2,(H2,13,15). The molecule has 0 fully saturated rings. The van der Waals surface area contributed by atoms with Crippen LogP contribution in [0.3, 0.4) is 0 Å². The number of fused-ring (bicyclic) bond motifs is 1. The third kappa shape index (κ3) is 1.52. The second-order valence-electron chi connectivity index (χ2n) is 3.71. The number of carbonyl (C=O) groups excluding carboxylic acids is 1. The van der Waals surface area contributed by atoms with E-state index in [0.29, 0.717) is 17.1 Å². The first-order chi connectivity index (χ1) is 8.25. The maximum atomic E-state index is 11.4. The van der Waals surface area contributed by atoms with E-state index in [9.17, 15) is 4.79 Å². The second kappa shape index (κ2) is 3.55. The number of nitrogens with two attached hydrogens (primary N) is 1. The predicted octanol–water partition coefficient (Wildman–Crippen LogP) is 1.51. The van der Waals surface area contributed by atoms with Gasteiger partial charge in [-0.25, -0.2) is 0 Å². The molecular formula is C12H10N2O3. The van der Waals surface area contributed by atoms with E-state index in [0.717, 1.165) is 11.1 Å². The van der Waals surface area contributed by atoms with Gasteiger partial charge in [-0.3, -0.25) is 4.79 Å². The third-order valence-electron chi connectivity index (χ3n) is 2.69. The van der Waals surface area contributed by atoms with Gasteiger partial charge >= 0.3 is 0 Å². The average Bonchev–Trinajstić information content (AvgIpc) is 2.98. The highest BCUT2D eigenvalue weighted by atomic mass is 16.7. The van der Waals surface area contributed by atoms with Gasteiger partial charge in [0.1, 0.15) is 0 Å². The van der Waals surface area contributed by atoms with Crippen LogP contribution >= 0.6 is 0 Å². The molecule has 0 bridgehead atoms. The maximum Gasteiger partial charge on any atom is 0.249 e. The number of hydrogen-bond donors (Lipinski definition) is 2. The summed E-state index contributed by atoms with van der Waals surface area (Å²) in [7, 11) is 0. The highest BCUT2D eigenvalue weighted by Gasteiger charge is 2.20. The van der Waals surface area contributed by atoms with E-state index in [1.807, 2.05) is 6.07 Å². The number of aromatic nitrogens is 1. The molecule has 0 unspecified atom stereocenters. The Hall–Kier alpha value is -2.43. The first-order valence-corrected chi connectivity index (χ1v) is 5.12. The second-order valence-corrected chi connectivity index (χ2v) is 3.71. The molecule has 2 aromatic rings. The summed E-state index contributed by atoms with van der Waals surface area (Å²) in [6.45, 7) is 0.171. The molecule has 1 aromatic carbocycles. The zero-order chi connectivity index (χ0) is 11.8. The number of carbonyl (C=O) groups is 1. The Bertz CT molecular complexity index is 576. The molecule has 0 radical (unpaired) electrons. The van der Waals surface area contributed by atoms with Crippen LogP contribution in [-0.2, 0) is 0 Å². The number of ether oxygens (including phenoxy) is 2. The maximum absolute atomic E-state index is 11.4.